The lowest BCUT2D eigenvalue weighted by atomic mass is 10.1. The van der Waals surface area contributed by atoms with Crippen LogP contribution in [0.3, 0.4) is 0 Å². The molecule has 0 atom stereocenters. The van der Waals surface area contributed by atoms with Crippen molar-refractivity contribution in [1.29, 1.82) is 0 Å². The molecule has 0 aliphatic carbocycles. The van der Waals surface area contributed by atoms with Crippen LogP contribution in [-0.4, -0.2) is 38.2 Å². The maximum absolute atomic E-state index is 12.6. The molecule has 0 saturated carbocycles. The van der Waals surface area contributed by atoms with Crippen molar-refractivity contribution in [3.8, 4) is 0 Å². The highest BCUT2D eigenvalue weighted by atomic mass is 32.2. The van der Waals surface area contributed by atoms with Gasteiger partial charge in [0, 0.05) is 6.54 Å². The summed E-state index contributed by atoms with van der Waals surface area (Å²) in [4.78, 5) is 2.86. The highest BCUT2D eigenvalue weighted by molar-refractivity contribution is 7.92. The van der Waals surface area contributed by atoms with Crippen LogP contribution in [0.1, 0.15) is 32.3 Å². The first-order chi connectivity index (χ1) is 9.39. The maximum Gasteiger partial charge on any atom is 0.181 e. The number of nitrogens with zero attached hydrogens (tertiary/aromatic N) is 1. The molecule has 0 aromatic heterocycles. The second-order valence-corrected chi connectivity index (χ2v) is 8.48. The van der Waals surface area contributed by atoms with Crippen LogP contribution in [0.4, 0.5) is 0 Å². The van der Waals surface area contributed by atoms with Gasteiger partial charge in [-0.25, -0.2) is 8.42 Å². The van der Waals surface area contributed by atoms with Crippen LogP contribution in [-0.2, 0) is 9.84 Å². The molecule has 20 heavy (non-hydrogen) atoms. The lowest BCUT2D eigenvalue weighted by molar-refractivity contribution is 0.207. The molecule has 1 aromatic carbocycles. The van der Waals surface area contributed by atoms with Crippen molar-refractivity contribution < 1.29 is 8.42 Å². The quantitative estimate of drug-likeness (QED) is 0.857. The van der Waals surface area contributed by atoms with E-state index in [-0.39, 0.29) is 5.25 Å². The molecule has 0 bridgehead atoms. The van der Waals surface area contributed by atoms with E-state index in [1.165, 1.54) is 0 Å². The lowest BCUT2D eigenvalue weighted by Crippen LogP contribution is -2.40. The van der Waals surface area contributed by atoms with Gasteiger partial charge in [0.05, 0.1) is 10.1 Å². The SMILES string of the molecule is Cc1ccc(S(=O)(=O)C2CCN(CC(C)C)CC2)cc1. The van der Waals surface area contributed by atoms with Gasteiger partial charge in [-0.05, 0) is 50.9 Å². The second kappa shape index (κ2) is 6.27. The Morgan fingerprint density at radius 1 is 1.15 bits per heavy atom. The fourth-order valence-corrected chi connectivity index (χ4v) is 4.57. The normalized spacial score (nSPS) is 18.6. The van der Waals surface area contributed by atoms with Gasteiger partial charge >= 0.3 is 0 Å². The van der Waals surface area contributed by atoms with Gasteiger partial charge in [0.15, 0.2) is 9.84 Å². The van der Waals surface area contributed by atoms with Crippen molar-refractivity contribution >= 4 is 9.84 Å². The largest absolute Gasteiger partial charge is 0.303 e. The highest BCUT2D eigenvalue weighted by Gasteiger charge is 2.31. The van der Waals surface area contributed by atoms with E-state index < -0.39 is 9.84 Å². The van der Waals surface area contributed by atoms with Crippen LogP contribution in [0.2, 0.25) is 0 Å². The molecule has 1 saturated heterocycles. The summed E-state index contributed by atoms with van der Waals surface area (Å²) < 4.78 is 25.2. The monoisotopic (exact) mass is 295 g/mol. The lowest BCUT2D eigenvalue weighted by Gasteiger charge is -2.32. The summed E-state index contributed by atoms with van der Waals surface area (Å²) in [7, 11) is -3.16. The minimum absolute atomic E-state index is 0.214. The summed E-state index contributed by atoms with van der Waals surface area (Å²) in [5.74, 6) is 0.639. The topological polar surface area (TPSA) is 37.4 Å². The average Bonchev–Trinajstić information content (AvgIpc) is 2.39. The Labute approximate surface area is 122 Å². The average molecular weight is 295 g/mol. The van der Waals surface area contributed by atoms with E-state index in [4.69, 9.17) is 0 Å². The Hall–Kier alpha value is -0.870. The van der Waals surface area contributed by atoms with Gasteiger partial charge in [-0.15, -0.1) is 0 Å². The third-order valence-electron chi connectivity index (χ3n) is 3.95. The number of hydrogen-bond donors (Lipinski definition) is 0. The summed E-state index contributed by atoms with van der Waals surface area (Å²) in [5, 5.41) is -0.214. The molecule has 0 spiro atoms. The molecule has 2 rings (SSSR count). The minimum Gasteiger partial charge on any atom is -0.303 e. The molecule has 0 radical (unpaired) electrons. The second-order valence-electron chi connectivity index (χ2n) is 6.25. The molecule has 0 N–H and O–H groups in total. The summed E-state index contributed by atoms with van der Waals surface area (Å²) in [5.41, 5.74) is 1.09. The summed E-state index contributed by atoms with van der Waals surface area (Å²) >= 11 is 0. The summed E-state index contributed by atoms with van der Waals surface area (Å²) in [6.07, 6.45) is 1.51. The van der Waals surface area contributed by atoms with Crippen LogP contribution in [0, 0.1) is 12.8 Å². The third-order valence-corrected chi connectivity index (χ3v) is 6.22. The third kappa shape index (κ3) is 3.61. The molecular weight excluding hydrogens is 270 g/mol. The van der Waals surface area contributed by atoms with Gasteiger partial charge < -0.3 is 4.90 Å². The van der Waals surface area contributed by atoms with Gasteiger partial charge in [0.25, 0.3) is 0 Å². The maximum atomic E-state index is 12.6. The molecule has 0 unspecified atom stereocenters. The molecule has 1 heterocycles. The Bertz CT molecular complexity index is 526. The fraction of sp³-hybridized carbons (Fsp3) is 0.625. The van der Waals surface area contributed by atoms with Crippen LogP contribution in [0.5, 0.6) is 0 Å². The zero-order valence-electron chi connectivity index (χ0n) is 12.7. The fourth-order valence-electron chi connectivity index (χ4n) is 2.84. The minimum atomic E-state index is -3.16. The molecule has 1 aromatic rings. The summed E-state index contributed by atoms with van der Waals surface area (Å²) in [6, 6.07) is 7.23. The number of likely N-dealkylation sites (tertiary alicyclic amines) is 1. The van der Waals surface area contributed by atoms with Crippen molar-refractivity contribution in [2.24, 2.45) is 5.92 Å². The first-order valence-electron chi connectivity index (χ1n) is 7.42. The predicted octanol–water partition coefficient (Wildman–Crippen LogP) is 2.89. The predicted molar refractivity (Wildman–Crippen MR) is 82.7 cm³/mol. The summed E-state index contributed by atoms with van der Waals surface area (Å²) in [6.45, 7) is 9.24. The molecule has 4 heteroatoms. The first kappa shape index (κ1) is 15.5. The zero-order valence-corrected chi connectivity index (χ0v) is 13.5. The van der Waals surface area contributed by atoms with E-state index >= 15 is 0 Å². The Kier molecular flexibility index (Phi) is 4.86. The van der Waals surface area contributed by atoms with Crippen LogP contribution in [0.15, 0.2) is 29.2 Å². The van der Waals surface area contributed by atoms with E-state index in [0.717, 1.165) is 38.0 Å². The smallest absolute Gasteiger partial charge is 0.181 e. The Balaban J connectivity index is 2.04. The molecule has 3 nitrogen and oxygen atoms in total. The number of sulfone groups is 1. The van der Waals surface area contributed by atoms with E-state index in [2.05, 4.69) is 18.7 Å². The first-order valence-corrected chi connectivity index (χ1v) is 8.97. The number of aryl methyl sites for hydroxylation is 1. The van der Waals surface area contributed by atoms with Crippen molar-refractivity contribution in [3.05, 3.63) is 29.8 Å². The van der Waals surface area contributed by atoms with Gasteiger partial charge in [-0.3, -0.25) is 0 Å². The van der Waals surface area contributed by atoms with Crippen LogP contribution < -0.4 is 0 Å². The van der Waals surface area contributed by atoms with Gasteiger partial charge in [0.2, 0.25) is 0 Å². The van der Waals surface area contributed by atoms with E-state index in [1.807, 2.05) is 19.1 Å². The van der Waals surface area contributed by atoms with E-state index in [0.29, 0.717) is 10.8 Å². The number of piperidine rings is 1. The van der Waals surface area contributed by atoms with Gasteiger partial charge in [-0.1, -0.05) is 31.5 Å². The van der Waals surface area contributed by atoms with E-state index in [1.54, 1.807) is 12.1 Å². The molecule has 112 valence electrons. The molecule has 1 fully saturated rings. The molecule has 0 amide bonds. The highest BCUT2D eigenvalue weighted by Crippen LogP contribution is 2.25. The van der Waals surface area contributed by atoms with Crippen LogP contribution >= 0.6 is 0 Å². The molecular formula is C16H25NO2S. The van der Waals surface area contributed by atoms with Crippen LogP contribution in [0.25, 0.3) is 0 Å². The number of hydrogen-bond acceptors (Lipinski definition) is 3. The van der Waals surface area contributed by atoms with Crippen molar-refractivity contribution in [2.75, 3.05) is 19.6 Å². The molecule has 1 aliphatic rings. The van der Waals surface area contributed by atoms with Crippen molar-refractivity contribution in [2.45, 2.75) is 43.8 Å². The standard InChI is InChI=1S/C16H25NO2S/c1-13(2)12-17-10-8-16(9-11-17)20(18,19)15-6-4-14(3)5-7-15/h4-7,13,16H,8-12H2,1-3H3. The Morgan fingerprint density at radius 3 is 2.20 bits per heavy atom. The zero-order chi connectivity index (χ0) is 14.8. The van der Waals surface area contributed by atoms with Gasteiger partial charge in [-0.2, -0.15) is 0 Å². The number of benzene rings is 1. The van der Waals surface area contributed by atoms with Crippen molar-refractivity contribution in [1.82, 2.24) is 4.90 Å². The number of rotatable bonds is 4. The Morgan fingerprint density at radius 2 is 1.70 bits per heavy atom. The van der Waals surface area contributed by atoms with E-state index in [9.17, 15) is 8.42 Å². The van der Waals surface area contributed by atoms with Gasteiger partial charge in [0.1, 0.15) is 0 Å². The molecule has 1 aliphatic heterocycles. The van der Waals surface area contributed by atoms with Crippen molar-refractivity contribution in [3.63, 3.8) is 0 Å².